The van der Waals surface area contributed by atoms with Crippen LogP contribution >= 0.6 is 0 Å². The number of benzene rings is 8. The quantitative estimate of drug-likeness (QED) is 0.0368. The zero-order valence-corrected chi connectivity index (χ0v) is 62.8. The lowest BCUT2D eigenvalue weighted by molar-refractivity contribution is 0.227. The average molecular weight is 1400 g/mol. The van der Waals surface area contributed by atoms with Crippen LogP contribution in [0.5, 0.6) is 57.5 Å². The summed E-state index contributed by atoms with van der Waals surface area (Å²) >= 11 is 0. The highest BCUT2D eigenvalue weighted by Gasteiger charge is 2.19. The maximum atomic E-state index is 9.73. The fourth-order valence-corrected chi connectivity index (χ4v) is 12.3. The van der Waals surface area contributed by atoms with Crippen molar-refractivity contribution in [1.82, 2.24) is 0 Å². The molecule has 11 nitrogen and oxygen atoms in total. The maximum absolute atomic E-state index is 9.73. The summed E-state index contributed by atoms with van der Waals surface area (Å²) in [6.45, 7) is 11.2. The Morgan fingerprint density at radius 3 is 0.631 bits per heavy atom. The number of rotatable bonds is 58. The van der Waals surface area contributed by atoms with Crippen LogP contribution in [-0.2, 0) is 52.9 Å². The van der Waals surface area contributed by atoms with Crippen LogP contribution in [0, 0.1) is 0 Å². The molecule has 0 unspecified atom stereocenters. The normalized spacial score (nSPS) is 11.1. The summed E-state index contributed by atoms with van der Waals surface area (Å²) in [6, 6.07) is 60.0. The van der Waals surface area contributed by atoms with Crippen LogP contribution in [0.4, 0.5) is 0 Å². The third-order valence-electron chi connectivity index (χ3n) is 18.8. The molecule has 8 rings (SSSR count). The second-order valence-corrected chi connectivity index (χ2v) is 27.7. The summed E-state index contributed by atoms with van der Waals surface area (Å²) in [7, 11) is 0. The van der Waals surface area contributed by atoms with E-state index in [1.54, 1.807) is 0 Å². The van der Waals surface area contributed by atoms with Crippen molar-refractivity contribution in [2.45, 2.75) is 266 Å². The molecular weight excluding hydrogens is 1280 g/mol. The van der Waals surface area contributed by atoms with Crippen LogP contribution in [0.1, 0.15) is 258 Å². The number of ether oxygens (including phenoxy) is 10. The van der Waals surface area contributed by atoms with E-state index >= 15 is 0 Å². The number of aliphatic hydroxyl groups excluding tert-OH is 1. The number of hydrogen-bond donors (Lipinski definition) is 1. The first-order chi connectivity index (χ1) is 50.9. The van der Waals surface area contributed by atoms with Gasteiger partial charge >= 0.3 is 0 Å². The third kappa shape index (κ3) is 33.4. The summed E-state index contributed by atoms with van der Waals surface area (Å²) in [6.07, 6.45) is 39.2. The molecule has 0 aliphatic rings. The van der Waals surface area contributed by atoms with E-state index in [1.807, 2.05) is 146 Å². The van der Waals surface area contributed by atoms with Gasteiger partial charge in [-0.15, -0.1) is 0 Å². The van der Waals surface area contributed by atoms with Gasteiger partial charge in [0.05, 0.1) is 26.4 Å². The molecule has 556 valence electrons. The van der Waals surface area contributed by atoms with E-state index in [-0.39, 0.29) is 33.0 Å². The molecule has 0 fully saturated rings. The van der Waals surface area contributed by atoms with Gasteiger partial charge in [-0.05, 0) is 161 Å². The molecule has 8 aromatic carbocycles. The van der Waals surface area contributed by atoms with Gasteiger partial charge in [-0.2, -0.15) is 0 Å². The Labute approximate surface area is 619 Å². The highest BCUT2D eigenvalue weighted by molar-refractivity contribution is 5.54. The molecular formula is C92H122O11. The third-order valence-corrected chi connectivity index (χ3v) is 18.8. The molecule has 0 aliphatic heterocycles. The van der Waals surface area contributed by atoms with Crippen molar-refractivity contribution in [3.05, 3.63) is 226 Å². The summed E-state index contributed by atoms with van der Waals surface area (Å²) in [5.41, 5.74) is 7.63. The van der Waals surface area contributed by atoms with Gasteiger partial charge < -0.3 is 52.5 Å². The van der Waals surface area contributed by atoms with E-state index < -0.39 is 0 Å². The summed E-state index contributed by atoms with van der Waals surface area (Å²) < 4.78 is 63.8. The van der Waals surface area contributed by atoms with Gasteiger partial charge in [-0.1, -0.05) is 279 Å². The van der Waals surface area contributed by atoms with E-state index in [0.29, 0.717) is 42.8 Å². The van der Waals surface area contributed by atoms with Gasteiger partial charge in [0.2, 0.25) is 5.75 Å². The molecule has 8 aromatic rings. The first kappa shape index (κ1) is 80.4. The smallest absolute Gasteiger partial charge is 0.203 e. The Morgan fingerprint density at radius 1 is 0.194 bits per heavy atom. The van der Waals surface area contributed by atoms with Crippen LogP contribution in [-0.4, -0.2) is 24.9 Å². The van der Waals surface area contributed by atoms with Gasteiger partial charge in [-0.3, -0.25) is 0 Å². The second-order valence-electron chi connectivity index (χ2n) is 27.7. The zero-order valence-electron chi connectivity index (χ0n) is 62.8. The first-order valence-corrected chi connectivity index (χ1v) is 39.6. The van der Waals surface area contributed by atoms with Gasteiger partial charge in [0.25, 0.3) is 0 Å². The van der Waals surface area contributed by atoms with E-state index in [0.717, 1.165) is 118 Å². The average Bonchev–Trinajstić information content (AvgIpc) is 0.814. The van der Waals surface area contributed by atoms with E-state index in [2.05, 4.69) is 57.2 Å². The molecule has 0 aromatic heterocycles. The molecule has 0 bridgehead atoms. The summed E-state index contributed by atoms with van der Waals surface area (Å²) in [4.78, 5) is 0. The Balaban J connectivity index is 0.876. The SMILES string of the molecule is CCCCCCCCCCCCOc1ccc(COc2ccc(COc3cc(COc4ccc(CO)cc4)cc(OCc4ccc(OCc5ccc(OCCCCCCCCCCCC)cc5)cc4)c3OCc3ccc(OCc4ccc(OCCCCCCCCCCCC)cc4)cc3)cc2)cc1. The maximum Gasteiger partial charge on any atom is 0.203 e. The predicted octanol–water partition coefficient (Wildman–Crippen LogP) is 25.1. The fourth-order valence-electron chi connectivity index (χ4n) is 12.3. The molecule has 0 aliphatic carbocycles. The van der Waals surface area contributed by atoms with Crippen molar-refractivity contribution < 1.29 is 52.5 Å². The highest BCUT2D eigenvalue weighted by Crippen LogP contribution is 2.41. The summed E-state index contributed by atoms with van der Waals surface area (Å²) in [5.74, 6) is 7.05. The van der Waals surface area contributed by atoms with Gasteiger partial charge in [0, 0.05) is 0 Å². The minimum atomic E-state index is -0.0497. The van der Waals surface area contributed by atoms with Crippen molar-refractivity contribution >= 4 is 0 Å². The zero-order chi connectivity index (χ0) is 71.7. The van der Waals surface area contributed by atoms with Gasteiger partial charge in [-0.25, -0.2) is 0 Å². The lowest BCUT2D eigenvalue weighted by Gasteiger charge is -2.19. The lowest BCUT2D eigenvalue weighted by Crippen LogP contribution is -2.06. The second kappa shape index (κ2) is 50.2. The molecule has 0 saturated heterocycles. The van der Waals surface area contributed by atoms with Crippen LogP contribution in [0.15, 0.2) is 182 Å². The fraction of sp³-hybridized carbons (Fsp3) is 0.478. The van der Waals surface area contributed by atoms with Crippen LogP contribution in [0.3, 0.4) is 0 Å². The van der Waals surface area contributed by atoms with Crippen LogP contribution in [0.25, 0.3) is 0 Å². The molecule has 0 saturated carbocycles. The highest BCUT2D eigenvalue weighted by atomic mass is 16.5. The topological polar surface area (TPSA) is 113 Å². The number of aliphatic hydroxyl groups is 1. The van der Waals surface area contributed by atoms with Crippen molar-refractivity contribution in [3.63, 3.8) is 0 Å². The molecule has 0 amide bonds. The molecule has 0 atom stereocenters. The molecule has 0 heterocycles. The number of hydrogen-bond acceptors (Lipinski definition) is 11. The standard InChI is InChI=1S/C92H122O11/c1-4-7-10-13-16-19-22-25-28-31-62-94-83-50-36-76(37-51-83)68-97-87-56-42-79(43-57-87)71-101-90-65-82(74-100-86-48-34-75(67-93)35-49-86)66-91(102-72-80-44-58-88(59-45-80)98-69-77-38-52-84(53-39-77)95-63-32-29-26-23-20-17-14-11-8-5-2)92(90)103-73-81-46-60-89(61-47-81)99-70-78-40-54-85(55-41-78)96-64-33-30-27-24-21-18-15-12-9-6-3/h34-61,65-66,93H,4-33,62-64,67-74H2,1-3H3. The minimum Gasteiger partial charge on any atom is -0.494 e. The van der Waals surface area contributed by atoms with Crippen molar-refractivity contribution in [2.75, 3.05) is 19.8 Å². The first-order valence-electron chi connectivity index (χ1n) is 39.6. The van der Waals surface area contributed by atoms with Crippen molar-refractivity contribution in [2.24, 2.45) is 0 Å². The molecule has 0 radical (unpaired) electrons. The Hall–Kier alpha value is -8.28. The Bertz CT molecular complexity index is 3280. The van der Waals surface area contributed by atoms with Crippen LogP contribution in [0.2, 0.25) is 0 Å². The van der Waals surface area contributed by atoms with Crippen molar-refractivity contribution in [3.8, 4) is 57.5 Å². The largest absolute Gasteiger partial charge is 0.494 e. The Kier molecular flexibility index (Phi) is 39.2. The van der Waals surface area contributed by atoms with Crippen LogP contribution < -0.4 is 47.4 Å². The summed E-state index contributed by atoms with van der Waals surface area (Å²) in [5, 5.41) is 9.73. The predicted molar refractivity (Wildman–Crippen MR) is 420 cm³/mol. The minimum absolute atomic E-state index is 0.0497. The molecule has 103 heavy (non-hydrogen) atoms. The van der Waals surface area contributed by atoms with E-state index in [4.69, 9.17) is 47.4 Å². The van der Waals surface area contributed by atoms with E-state index in [1.165, 1.54) is 173 Å². The number of unbranched alkanes of at least 4 members (excludes halogenated alkanes) is 27. The van der Waals surface area contributed by atoms with Gasteiger partial charge in [0.15, 0.2) is 11.5 Å². The molecule has 1 N–H and O–H groups in total. The Morgan fingerprint density at radius 2 is 0.388 bits per heavy atom. The monoisotopic (exact) mass is 1400 g/mol. The molecule has 11 heteroatoms. The van der Waals surface area contributed by atoms with Crippen molar-refractivity contribution in [1.29, 1.82) is 0 Å². The molecule has 0 spiro atoms. The van der Waals surface area contributed by atoms with E-state index in [9.17, 15) is 5.11 Å². The lowest BCUT2D eigenvalue weighted by atomic mass is 10.1. The van der Waals surface area contributed by atoms with Gasteiger partial charge in [0.1, 0.15) is 86.5 Å².